The van der Waals surface area contributed by atoms with Crippen LogP contribution in [0.5, 0.6) is 0 Å². The van der Waals surface area contributed by atoms with Crippen molar-refractivity contribution < 1.29 is 0 Å². The molecule has 1 aromatic carbocycles. The molecule has 0 bridgehead atoms. The Morgan fingerprint density at radius 2 is 2.09 bits per heavy atom. The number of hydrogen-bond acceptors (Lipinski definition) is 1. The number of allylic oxidation sites excluding steroid dienone is 4. The third kappa shape index (κ3) is 4.51. The molecule has 0 heterocycles. The number of rotatable bonds is 6. The van der Waals surface area contributed by atoms with Gasteiger partial charge in [0.25, 0.3) is 0 Å². The zero-order valence-corrected chi connectivity index (χ0v) is 14.6. The monoisotopic (exact) mass is 315 g/mol. The molecule has 1 nitrogen and oxygen atoms in total. The highest BCUT2D eigenvalue weighted by molar-refractivity contribution is 6.30. The van der Waals surface area contributed by atoms with E-state index >= 15 is 0 Å². The lowest BCUT2D eigenvalue weighted by Gasteiger charge is -2.28. The van der Waals surface area contributed by atoms with E-state index in [0.717, 1.165) is 10.7 Å². The molecule has 1 saturated carbocycles. The van der Waals surface area contributed by atoms with Gasteiger partial charge in [0.15, 0.2) is 0 Å². The minimum atomic E-state index is 0.451. The molecule has 1 aliphatic rings. The minimum absolute atomic E-state index is 0.451. The molecule has 0 spiro atoms. The van der Waals surface area contributed by atoms with E-state index in [1.54, 1.807) is 0 Å². The fraction of sp³-hybridized carbons (Fsp3) is 0.400. The van der Waals surface area contributed by atoms with Crippen LogP contribution in [0.25, 0.3) is 5.57 Å². The van der Waals surface area contributed by atoms with Crippen LogP contribution in [0.4, 0.5) is 0 Å². The summed E-state index contributed by atoms with van der Waals surface area (Å²) in [4.78, 5) is 0. The van der Waals surface area contributed by atoms with Crippen LogP contribution in [0.2, 0.25) is 5.02 Å². The van der Waals surface area contributed by atoms with E-state index in [9.17, 15) is 0 Å². The molecule has 0 radical (unpaired) electrons. The summed E-state index contributed by atoms with van der Waals surface area (Å²) in [6.07, 6.45) is 8.36. The summed E-state index contributed by atoms with van der Waals surface area (Å²) >= 11 is 6.17. The van der Waals surface area contributed by atoms with Crippen LogP contribution in [0, 0.1) is 11.8 Å². The molecule has 1 N–H and O–H groups in total. The molecule has 0 aliphatic heterocycles. The van der Waals surface area contributed by atoms with Crippen LogP contribution in [-0.4, -0.2) is 0 Å². The van der Waals surface area contributed by atoms with Gasteiger partial charge < -0.3 is 5.32 Å². The van der Waals surface area contributed by atoms with Crippen molar-refractivity contribution in [2.24, 2.45) is 11.8 Å². The highest BCUT2D eigenvalue weighted by Crippen LogP contribution is 2.36. The minimum Gasteiger partial charge on any atom is -0.365 e. The Bertz CT molecular complexity index is 591. The maximum absolute atomic E-state index is 6.17. The van der Waals surface area contributed by atoms with Gasteiger partial charge in [-0.3, -0.25) is 0 Å². The van der Waals surface area contributed by atoms with Gasteiger partial charge in [0.1, 0.15) is 0 Å². The average molecular weight is 316 g/mol. The van der Waals surface area contributed by atoms with Crippen molar-refractivity contribution in [3.63, 3.8) is 0 Å². The molecule has 0 aromatic heterocycles. The van der Waals surface area contributed by atoms with Crippen molar-refractivity contribution in [2.45, 2.75) is 40.0 Å². The van der Waals surface area contributed by atoms with Crippen LogP contribution in [0.3, 0.4) is 0 Å². The van der Waals surface area contributed by atoms with E-state index in [1.165, 1.54) is 36.0 Å². The fourth-order valence-corrected chi connectivity index (χ4v) is 2.85. The van der Waals surface area contributed by atoms with Gasteiger partial charge in [0, 0.05) is 16.9 Å². The number of halogens is 1. The lowest BCUT2D eigenvalue weighted by Crippen LogP contribution is -2.16. The van der Waals surface area contributed by atoms with E-state index < -0.39 is 0 Å². The van der Waals surface area contributed by atoms with Crippen LogP contribution in [0.15, 0.2) is 54.4 Å². The summed E-state index contributed by atoms with van der Waals surface area (Å²) in [6.45, 7) is 10.4. The Hall–Kier alpha value is -1.47. The predicted molar refractivity (Wildman–Crippen MR) is 97.6 cm³/mol. The second-order valence-electron chi connectivity index (χ2n) is 6.46. The zero-order chi connectivity index (χ0) is 16.1. The Morgan fingerprint density at radius 3 is 2.59 bits per heavy atom. The summed E-state index contributed by atoms with van der Waals surface area (Å²) in [7, 11) is 0. The van der Waals surface area contributed by atoms with Crippen molar-refractivity contribution in [1.82, 2.24) is 5.32 Å². The SMILES string of the molecule is C=C(C)NC=C(/C=C(/c1cccc(Cl)c1)C(C)C)C1CCC1. The fourth-order valence-electron chi connectivity index (χ4n) is 2.66. The molecular formula is C20H26ClN. The topological polar surface area (TPSA) is 12.0 Å². The summed E-state index contributed by atoms with van der Waals surface area (Å²) in [5.41, 5.74) is 4.89. The molecule has 2 rings (SSSR count). The van der Waals surface area contributed by atoms with Gasteiger partial charge >= 0.3 is 0 Å². The van der Waals surface area contributed by atoms with Crippen molar-refractivity contribution in [2.75, 3.05) is 0 Å². The first-order chi connectivity index (χ1) is 10.5. The zero-order valence-electron chi connectivity index (χ0n) is 13.8. The largest absolute Gasteiger partial charge is 0.365 e. The van der Waals surface area contributed by atoms with Crippen LogP contribution >= 0.6 is 11.6 Å². The Morgan fingerprint density at radius 1 is 1.36 bits per heavy atom. The van der Waals surface area contributed by atoms with Gasteiger partial charge in [-0.25, -0.2) is 0 Å². The highest BCUT2D eigenvalue weighted by atomic mass is 35.5. The Kier molecular flexibility index (Phi) is 5.90. The van der Waals surface area contributed by atoms with Crippen LogP contribution in [0.1, 0.15) is 45.6 Å². The van der Waals surface area contributed by atoms with E-state index in [0.29, 0.717) is 11.8 Å². The molecule has 0 atom stereocenters. The molecule has 0 amide bonds. The van der Waals surface area contributed by atoms with Gasteiger partial charge in [-0.05, 0) is 60.4 Å². The first-order valence-electron chi connectivity index (χ1n) is 8.07. The quantitative estimate of drug-likeness (QED) is 0.617. The van der Waals surface area contributed by atoms with Crippen LogP contribution < -0.4 is 5.32 Å². The predicted octanol–water partition coefficient (Wildman–Crippen LogP) is 6.19. The molecule has 1 aliphatic carbocycles. The van der Waals surface area contributed by atoms with E-state index in [2.05, 4.69) is 50.2 Å². The summed E-state index contributed by atoms with van der Waals surface area (Å²) in [5.74, 6) is 1.12. The van der Waals surface area contributed by atoms with Crippen molar-refractivity contribution >= 4 is 17.2 Å². The number of hydrogen-bond donors (Lipinski definition) is 1. The third-order valence-electron chi connectivity index (χ3n) is 4.16. The third-order valence-corrected chi connectivity index (χ3v) is 4.40. The van der Waals surface area contributed by atoms with E-state index in [-0.39, 0.29) is 0 Å². The van der Waals surface area contributed by atoms with Gasteiger partial charge in [0.05, 0.1) is 0 Å². The highest BCUT2D eigenvalue weighted by Gasteiger charge is 2.21. The number of benzene rings is 1. The second-order valence-corrected chi connectivity index (χ2v) is 6.90. The molecule has 1 fully saturated rings. The summed E-state index contributed by atoms with van der Waals surface area (Å²) in [5, 5.41) is 4.06. The first kappa shape index (κ1) is 16.9. The van der Waals surface area contributed by atoms with Crippen molar-refractivity contribution in [1.29, 1.82) is 0 Å². The Balaban J connectivity index is 2.36. The van der Waals surface area contributed by atoms with Crippen molar-refractivity contribution in [3.8, 4) is 0 Å². The van der Waals surface area contributed by atoms with Gasteiger partial charge in [-0.1, -0.05) is 56.7 Å². The van der Waals surface area contributed by atoms with Gasteiger partial charge in [-0.15, -0.1) is 0 Å². The Labute approximate surface area is 139 Å². The summed E-state index contributed by atoms with van der Waals surface area (Å²) < 4.78 is 0. The molecular weight excluding hydrogens is 290 g/mol. The lowest BCUT2D eigenvalue weighted by atomic mass is 9.78. The van der Waals surface area contributed by atoms with E-state index in [1.807, 2.05) is 19.1 Å². The first-order valence-corrected chi connectivity index (χ1v) is 8.45. The molecule has 118 valence electrons. The maximum Gasteiger partial charge on any atom is 0.0412 e. The molecule has 0 saturated heterocycles. The van der Waals surface area contributed by atoms with Gasteiger partial charge in [0.2, 0.25) is 0 Å². The smallest absolute Gasteiger partial charge is 0.0412 e. The normalized spacial score (nSPS) is 16.6. The molecule has 1 aromatic rings. The van der Waals surface area contributed by atoms with Crippen molar-refractivity contribution in [3.05, 3.63) is 65.0 Å². The maximum atomic E-state index is 6.17. The van der Waals surface area contributed by atoms with Gasteiger partial charge in [-0.2, -0.15) is 0 Å². The number of nitrogens with one attached hydrogen (secondary N) is 1. The van der Waals surface area contributed by atoms with Crippen LogP contribution in [-0.2, 0) is 0 Å². The summed E-state index contributed by atoms with van der Waals surface area (Å²) in [6, 6.07) is 8.14. The average Bonchev–Trinajstić information content (AvgIpc) is 2.38. The second kappa shape index (κ2) is 7.69. The van der Waals surface area contributed by atoms with E-state index in [4.69, 9.17) is 11.6 Å². The molecule has 2 heteroatoms. The molecule has 0 unspecified atom stereocenters. The lowest BCUT2D eigenvalue weighted by molar-refractivity contribution is 0.373. The molecule has 22 heavy (non-hydrogen) atoms. The standard InChI is InChI=1S/C20H26ClN/c1-14(2)20(17-9-6-10-19(21)11-17)12-18(13-22-15(3)4)16-7-5-8-16/h6,9-14,16,22H,3,5,7-8H2,1-2,4H3/b18-13?,20-12+.